The number of urea groups is 1. The largest absolute Gasteiger partial charge is 0.381 e. The van der Waals surface area contributed by atoms with Crippen molar-refractivity contribution in [3.8, 4) is 0 Å². The third kappa shape index (κ3) is 4.54. The summed E-state index contributed by atoms with van der Waals surface area (Å²) in [6, 6.07) is 3.07. The van der Waals surface area contributed by atoms with Crippen LogP contribution in [-0.4, -0.2) is 60.7 Å². The van der Waals surface area contributed by atoms with Gasteiger partial charge in [0.2, 0.25) is 5.91 Å². The molecule has 8 heteroatoms. The molecule has 3 rings (SSSR count). The molecule has 0 spiro atoms. The Morgan fingerprint density at radius 3 is 2.88 bits per heavy atom. The second kappa shape index (κ2) is 8.81. The van der Waals surface area contributed by atoms with Gasteiger partial charge >= 0.3 is 6.03 Å². The van der Waals surface area contributed by atoms with Crippen molar-refractivity contribution >= 4 is 33.7 Å². The van der Waals surface area contributed by atoms with Crippen molar-refractivity contribution in [3.05, 3.63) is 22.8 Å². The van der Waals surface area contributed by atoms with E-state index in [9.17, 15) is 9.59 Å². The number of halogens is 1. The van der Waals surface area contributed by atoms with Gasteiger partial charge in [-0.15, -0.1) is 0 Å². The first kappa shape index (κ1) is 19.1. The monoisotopic (exact) mass is 424 g/mol. The number of amides is 3. The fourth-order valence-electron chi connectivity index (χ4n) is 3.34. The average Bonchev–Trinajstić information content (AvgIpc) is 2.82. The van der Waals surface area contributed by atoms with Gasteiger partial charge in [-0.2, -0.15) is 0 Å². The van der Waals surface area contributed by atoms with Gasteiger partial charge in [0.15, 0.2) is 0 Å². The molecule has 1 unspecified atom stereocenters. The van der Waals surface area contributed by atoms with Crippen molar-refractivity contribution in [1.82, 2.24) is 15.2 Å². The van der Waals surface area contributed by atoms with Crippen LogP contribution in [0, 0.1) is 5.92 Å². The van der Waals surface area contributed by atoms with Crippen LogP contribution < -0.4 is 10.2 Å². The van der Waals surface area contributed by atoms with Crippen LogP contribution in [0.4, 0.5) is 10.6 Å². The third-order valence-corrected chi connectivity index (χ3v) is 5.44. The SMILES string of the molecule is CC1C(=O)NCCCN1C(=O)N(CC1CCOCC1)c1ccc(Br)cn1. The highest BCUT2D eigenvalue weighted by molar-refractivity contribution is 9.10. The molecule has 1 N–H and O–H groups in total. The van der Waals surface area contributed by atoms with E-state index >= 15 is 0 Å². The lowest BCUT2D eigenvalue weighted by atomic mass is 10.00. The maximum absolute atomic E-state index is 13.4. The van der Waals surface area contributed by atoms with Crippen LogP contribution in [0.1, 0.15) is 26.2 Å². The summed E-state index contributed by atoms with van der Waals surface area (Å²) in [6.45, 7) is 4.97. The number of anilines is 1. The Balaban J connectivity index is 1.84. The molecule has 0 aromatic carbocycles. The van der Waals surface area contributed by atoms with Crippen LogP contribution in [0.2, 0.25) is 0 Å². The molecule has 0 aliphatic carbocycles. The van der Waals surface area contributed by atoms with Crippen LogP contribution in [-0.2, 0) is 9.53 Å². The summed E-state index contributed by atoms with van der Waals surface area (Å²) >= 11 is 3.39. The number of ether oxygens (including phenoxy) is 1. The maximum Gasteiger partial charge on any atom is 0.326 e. The summed E-state index contributed by atoms with van der Waals surface area (Å²) in [4.78, 5) is 33.3. The van der Waals surface area contributed by atoms with Gasteiger partial charge in [-0.3, -0.25) is 9.69 Å². The molecule has 0 saturated carbocycles. The Kier molecular flexibility index (Phi) is 6.48. The van der Waals surface area contributed by atoms with Crippen molar-refractivity contribution in [2.45, 2.75) is 32.2 Å². The van der Waals surface area contributed by atoms with E-state index < -0.39 is 6.04 Å². The summed E-state index contributed by atoms with van der Waals surface area (Å²) in [5.41, 5.74) is 0. The number of hydrogen-bond acceptors (Lipinski definition) is 4. The van der Waals surface area contributed by atoms with E-state index in [0.29, 0.717) is 31.4 Å². The molecule has 7 nitrogen and oxygen atoms in total. The fraction of sp³-hybridized carbons (Fsp3) is 0.611. The van der Waals surface area contributed by atoms with E-state index in [-0.39, 0.29) is 11.9 Å². The number of pyridine rings is 1. The van der Waals surface area contributed by atoms with Gasteiger partial charge in [0.25, 0.3) is 0 Å². The van der Waals surface area contributed by atoms with E-state index in [4.69, 9.17) is 4.74 Å². The molecule has 2 aliphatic heterocycles. The summed E-state index contributed by atoms with van der Waals surface area (Å²) in [5.74, 6) is 0.876. The molecule has 0 radical (unpaired) electrons. The number of nitrogens with zero attached hydrogens (tertiary/aromatic N) is 3. The van der Waals surface area contributed by atoms with Gasteiger partial charge in [-0.25, -0.2) is 9.78 Å². The van der Waals surface area contributed by atoms with Crippen molar-refractivity contribution < 1.29 is 14.3 Å². The van der Waals surface area contributed by atoms with E-state index in [0.717, 1.165) is 36.9 Å². The standard InChI is InChI=1S/C18H25BrN4O3/c1-13-17(24)20-7-2-8-22(13)18(25)23(12-14-5-9-26-10-6-14)16-4-3-15(19)11-21-16/h3-4,11,13-14H,2,5-10,12H2,1H3,(H,20,24). The second-order valence-corrected chi connectivity index (χ2v) is 7.71. The zero-order valence-corrected chi connectivity index (χ0v) is 16.6. The molecule has 2 fully saturated rings. The van der Waals surface area contributed by atoms with Crippen molar-refractivity contribution in [2.75, 3.05) is 37.7 Å². The van der Waals surface area contributed by atoms with Crippen molar-refractivity contribution in [3.63, 3.8) is 0 Å². The molecule has 142 valence electrons. The Bertz CT molecular complexity index is 634. The van der Waals surface area contributed by atoms with Gasteiger partial charge in [-0.1, -0.05) is 0 Å². The van der Waals surface area contributed by atoms with E-state index in [2.05, 4.69) is 26.2 Å². The zero-order chi connectivity index (χ0) is 18.5. The Morgan fingerprint density at radius 1 is 1.42 bits per heavy atom. The number of carbonyl (C=O) groups excluding carboxylic acids is 2. The molecule has 0 bridgehead atoms. The molecule has 2 aliphatic rings. The lowest BCUT2D eigenvalue weighted by molar-refractivity contribution is -0.124. The molecule has 3 heterocycles. The van der Waals surface area contributed by atoms with Gasteiger partial charge < -0.3 is 15.0 Å². The quantitative estimate of drug-likeness (QED) is 0.807. The van der Waals surface area contributed by atoms with Gasteiger partial charge in [-0.05, 0) is 60.2 Å². The summed E-state index contributed by atoms with van der Waals surface area (Å²) < 4.78 is 6.30. The Labute approximate surface area is 162 Å². The average molecular weight is 425 g/mol. The lowest BCUT2D eigenvalue weighted by Gasteiger charge is -2.34. The van der Waals surface area contributed by atoms with Crippen LogP contribution >= 0.6 is 15.9 Å². The summed E-state index contributed by atoms with van der Waals surface area (Å²) in [6.07, 6.45) is 4.30. The first-order valence-electron chi connectivity index (χ1n) is 9.11. The Hall–Kier alpha value is -1.67. The van der Waals surface area contributed by atoms with Crippen LogP contribution in [0.15, 0.2) is 22.8 Å². The van der Waals surface area contributed by atoms with Crippen LogP contribution in [0.3, 0.4) is 0 Å². The highest BCUT2D eigenvalue weighted by Crippen LogP contribution is 2.23. The van der Waals surface area contributed by atoms with Gasteiger partial charge in [0.1, 0.15) is 11.9 Å². The predicted octanol–water partition coefficient (Wildman–Crippen LogP) is 2.41. The number of hydrogen-bond donors (Lipinski definition) is 1. The van der Waals surface area contributed by atoms with Gasteiger partial charge in [0, 0.05) is 43.5 Å². The molecule has 3 amide bonds. The molecule has 1 aromatic heterocycles. The summed E-state index contributed by atoms with van der Waals surface area (Å²) in [5, 5.41) is 2.86. The second-order valence-electron chi connectivity index (χ2n) is 6.80. The number of rotatable bonds is 3. The summed E-state index contributed by atoms with van der Waals surface area (Å²) in [7, 11) is 0. The highest BCUT2D eigenvalue weighted by atomic mass is 79.9. The van der Waals surface area contributed by atoms with Crippen molar-refractivity contribution in [1.29, 1.82) is 0 Å². The van der Waals surface area contributed by atoms with E-state index in [1.54, 1.807) is 22.9 Å². The van der Waals surface area contributed by atoms with Crippen molar-refractivity contribution in [2.24, 2.45) is 5.92 Å². The maximum atomic E-state index is 13.4. The topological polar surface area (TPSA) is 74.8 Å². The first-order chi connectivity index (χ1) is 12.6. The number of nitrogens with one attached hydrogen (secondary N) is 1. The third-order valence-electron chi connectivity index (χ3n) is 4.97. The molecule has 2 saturated heterocycles. The smallest absolute Gasteiger partial charge is 0.326 e. The first-order valence-corrected chi connectivity index (χ1v) is 9.90. The highest BCUT2D eigenvalue weighted by Gasteiger charge is 2.33. The molecule has 26 heavy (non-hydrogen) atoms. The van der Waals surface area contributed by atoms with Crippen LogP contribution in [0.5, 0.6) is 0 Å². The van der Waals surface area contributed by atoms with E-state index in [1.165, 1.54) is 0 Å². The fourth-order valence-corrected chi connectivity index (χ4v) is 3.58. The van der Waals surface area contributed by atoms with E-state index in [1.807, 2.05) is 12.1 Å². The van der Waals surface area contributed by atoms with Crippen LogP contribution in [0.25, 0.3) is 0 Å². The zero-order valence-electron chi connectivity index (χ0n) is 15.0. The molecule has 1 atom stereocenters. The number of carbonyl (C=O) groups is 2. The minimum absolute atomic E-state index is 0.106. The molecular formula is C18H25BrN4O3. The van der Waals surface area contributed by atoms with Gasteiger partial charge in [0.05, 0.1) is 0 Å². The number of aromatic nitrogens is 1. The Morgan fingerprint density at radius 2 is 2.19 bits per heavy atom. The normalized spacial score (nSPS) is 21.8. The molecule has 1 aromatic rings. The predicted molar refractivity (Wildman–Crippen MR) is 102 cm³/mol. The minimum Gasteiger partial charge on any atom is -0.381 e. The lowest BCUT2D eigenvalue weighted by Crippen LogP contribution is -2.52. The molecular weight excluding hydrogens is 400 g/mol. The minimum atomic E-state index is -0.488.